The largest absolute Gasteiger partial charge is 0.313 e. The summed E-state index contributed by atoms with van der Waals surface area (Å²) in [5, 5.41) is 3.33. The Kier molecular flexibility index (Phi) is 4.05. The average Bonchev–Trinajstić information content (AvgIpc) is 2.39. The van der Waals surface area contributed by atoms with Gasteiger partial charge in [0.1, 0.15) is 0 Å². The molecule has 0 aliphatic carbocycles. The molecule has 18 heavy (non-hydrogen) atoms. The van der Waals surface area contributed by atoms with Crippen LogP contribution in [0, 0.1) is 13.8 Å². The third-order valence-electron chi connectivity index (χ3n) is 3.00. The fourth-order valence-electron chi connectivity index (χ4n) is 1.96. The van der Waals surface area contributed by atoms with Crippen molar-refractivity contribution in [1.29, 1.82) is 0 Å². The molecule has 3 heteroatoms. The van der Waals surface area contributed by atoms with Crippen molar-refractivity contribution in [3.63, 3.8) is 0 Å². The first-order chi connectivity index (χ1) is 8.72. The van der Waals surface area contributed by atoms with E-state index in [-0.39, 0.29) is 0 Å². The lowest BCUT2D eigenvalue weighted by atomic mass is 10.1. The first kappa shape index (κ1) is 12.7. The summed E-state index contributed by atoms with van der Waals surface area (Å²) in [5.41, 5.74) is 4.39. The summed E-state index contributed by atoms with van der Waals surface area (Å²) in [7, 11) is 0. The minimum Gasteiger partial charge on any atom is -0.313 e. The first-order valence-electron chi connectivity index (χ1n) is 6.32. The second-order valence-corrected chi connectivity index (χ2v) is 4.34. The minimum atomic E-state index is 0.811. The van der Waals surface area contributed by atoms with Crippen LogP contribution in [0.25, 0.3) is 11.4 Å². The van der Waals surface area contributed by atoms with Gasteiger partial charge in [-0.15, -0.1) is 0 Å². The van der Waals surface area contributed by atoms with Crippen LogP contribution < -0.4 is 5.32 Å². The molecule has 0 radical (unpaired) electrons. The van der Waals surface area contributed by atoms with Crippen LogP contribution in [0.5, 0.6) is 0 Å². The van der Waals surface area contributed by atoms with Crippen molar-refractivity contribution < 1.29 is 0 Å². The monoisotopic (exact) mass is 241 g/mol. The number of aryl methyl sites for hydroxylation is 2. The Morgan fingerprint density at radius 1 is 1.00 bits per heavy atom. The Morgan fingerprint density at radius 3 is 2.17 bits per heavy atom. The van der Waals surface area contributed by atoms with E-state index >= 15 is 0 Å². The molecule has 0 aliphatic rings. The van der Waals surface area contributed by atoms with Gasteiger partial charge in [-0.1, -0.05) is 37.3 Å². The van der Waals surface area contributed by atoms with Crippen LogP contribution in [0.3, 0.4) is 0 Å². The maximum atomic E-state index is 4.61. The molecule has 3 nitrogen and oxygen atoms in total. The van der Waals surface area contributed by atoms with Gasteiger partial charge < -0.3 is 5.32 Å². The molecule has 0 fully saturated rings. The number of hydrogen-bond acceptors (Lipinski definition) is 3. The maximum absolute atomic E-state index is 4.61. The van der Waals surface area contributed by atoms with Gasteiger partial charge in [0.2, 0.25) is 0 Å². The second-order valence-electron chi connectivity index (χ2n) is 4.34. The van der Waals surface area contributed by atoms with Gasteiger partial charge in [0.05, 0.1) is 0 Å². The van der Waals surface area contributed by atoms with Crippen LogP contribution in [0.4, 0.5) is 0 Å². The fraction of sp³-hybridized carbons (Fsp3) is 0.333. The van der Waals surface area contributed by atoms with Crippen LogP contribution in [0.2, 0.25) is 0 Å². The number of aromatic nitrogens is 2. The Bertz CT molecular complexity index is 498. The van der Waals surface area contributed by atoms with E-state index in [0.717, 1.165) is 35.9 Å². The molecule has 0 saturated heterocycles. The highest BCUT2D eigenvalue weighted by atomic mass is 14.9. The molecule has 1 aromatic carbocycles. The zero-order valence-corrected chi connectivity index (χ0v) is 11.2. The third kappa shape index (κ3) is 2.74. The quantitative estimate of drug-likeness (QED) is 0.894. The molecule has 0 unspecified atom stereocenters. The van der Waals surface area contributed by atoms with Crippen molar-refractivity contribution in [3.05, 3.63) is 47.3 Å². The molecule has 1 N–H and O–H groups in total. The predicted octanol–water partition coefficient (Wildman–Crippen LogP) is 2.87. The number of hydrogen-bond donors (Lipinski definition) is 1. The van der Waals surface area contributed by atoms with Crippen molar-refractivity contribution in [2.24, 2.45) is 0 Å². The van der Waals surface area contributed by atoms with Crippen molar-refractivity contribution in [2.75, 3.05) is 6.54 Å². The standard InChI is InChI=1S/C15H19N3/c1-4-16-10-14-11(2)17-15(18-12(14)3)13-8-6-5-7-9-13/h5-9,16H,4,10H2,1-3H3. The normalized spacial score (nSPS) is 10.6. The van der Waals surface area contributed by atoms with Crippen LogP contribution in [0.1, 0.15) is 23.9 Å². The maximum Gasteiger partial charge on any atom is 0.159 e. The molecule has 0 aliphatic heterocycles. The molecule has 94 valence electrons. The Balaban J connectivity index is 2.36. The molecular weight excluding hydrogens is 222 g/mol. The molecule has 0 atom stereocenters. The number of nitrogens with one attached hydrogen (secondary N) is 1. The summed E-state index contributed by atoms with van der Waals surface area (Å²) in [5.74, 6) is 0.811. The smallest absolute Gasteiger partial charge is 0.159 e. The van der Waals surface area contributed by atoms with Gasteiger partial charge in [-0.2, -0.15) is 0 Å². The van der Waals surface area contributed by atoms with Crippen molar-refractivity contribution in [3.8, 4) is 11.4 Å². The molecular formula is C15H19N3. The van der Waals surface area contributed by atoms with Gasteiger partial charge >= 0.3 is 0 Å². The average molecular weight is 241 g/mol. The van der Waals surface area contributed by atoms with Crippen LogP contribution >= 0.6 is 0 Å². The molecule has 0 amide bonds. The summed E-state index contributed by atoms with van der Waals surface area (Å²) in [6.45, 7) is 7.99. The summed E-state index contributed by atoms with van der Waals surface area (Å²) in [6, 6.07) is 10.1. The van der Waals surface area contributed by atoms with Crippen molar-refractivity contribution >= 4 is 0 Å². The molecule has 2 rings (SSSR count). The van der Waals surface area contributed by atoms with Gasteiger partial charge in [0.25, 0.3) is 0 Å². The molecule has 0 bridgehead atoms. The third-order valence-corrected chi connectivity index (χ3v) is 3.00. The van der Waals surface area contributed by atoms with E-state index in [1.807, 2.05) is 44.2 Å². The highest BCUT2D eigenvalue weighted by Crippen LogP contribution is 2.18. The topological polar surface area (TPSA) is 37.8 Å². The predicted molar refractivity (Wildman–Crippen MR) is 74.3 cm³/mol. The first-order valence-corrected chi connectivity index (χ1v) is 6.32. The van der Waals surface area contributed by atoms with Gasteiger partial charge in [-0.25, -0.2) is 9.97 Å². The highest BCUT2D eigenvalue weighted by molar-refractivity contribution is 5.55. The lowest BCUT2D eigenvalue weighted by molar-refractivity contribution is 0.711. The molecule has 0 spiro atoms. The van der Waals surface area contributed by atoms with Gasteiger partial charge in [-0.05, 0) is 20.4 Å². The Morgan fingerprint density at radius 2 is 1.61 bits per heavy atom. The van der Waals surface area contributed by atoms with E-state index in [1.54, 1.807) is 0 Å². The van der Waals surface area contributed by atoms with E-state index in [1.165, 1.54) is 5.56 Å². The van der Waals surface area contributed by atoms with Gasteiger partial charge in [-0.3, -0.25) is 0 Å². The molecule has 1 aromatic heterocycles. The summed E-state index contributed by atoms with van der Waals surface area (Å²) >= 11 is 0. The van der Waals surface area contributed by atoms with Crippen LogP contribution in [-0.4, -0.2) is 16.5 Å². The van der Waals surface area contributed by atoms with Crippen LogP contribution in [0.15, 0.2) is 30.3 Å². The minimum absolute atomic E-state index is 0.811. The van der Waals surface area contributed by atoms with Crippen LogP contribution in [-0.2, 0) is 6.54 Å². The van der Waals surface area contributed by atoms with E-state index in [9.17, 15) is 0 Å². The lowest BCUT2D eigenvalue weighted by Crippen LogP contribution is -2.15. The SMILES string of the molecule is CCNCc1c(C)nc(-c2ccccc2)nc1C. The van der Waals surface area contributed by atoms with Gasteiger partial charge in [0.15, 0.2) is 5.82 Å². The number of benzene rings is 1. The molecule has 1 heterocycles. The van der Waals surface area contributed by atoms with E-state index in [0.29, 0.717) is 0 Å². The van der Waals surface area contributed by atoms with Crippen molar-refractivity contribution in [2.45, 2.75) is 27.3 Å². The fourth-order valence-corrected chi connectivity index (χ4v) is 1.96. The molecule has 2 aromatic rings. The lowest BCUT2D eigenvalue weighted by Gasteiger charge is -2.11. The van der Waals surface area contributed by atoms with E-state index < -0.39 is 0 Å². The summed E-state index contributed by atoms with van der Waals surface area (Å²) < 4.78 is 0. The zero-order chi connectivity index (χ0) is 13.0. The second kappa shape index (κ2) is 5.74. The van der Waals surface area contributed by atoms with E-state index in [2.05, 4.69) is 22.2 Å². The molecule has 0 saturated carbocycles. The zero-order valence-electron chi connectivity index (χ0n) is 11.2. The summed E-state index contributed by atoms with van der Waals surface area (Å²) in [4.78, 5) is 9.21. The van der Waals surface area contributed by atoms with E-state index in [4.69, 9.17) is 0 Å². The Labute approximate surface area is 108 Å². The summed E-state index contributed by atoms with van der Waals surface area (Å²) in [6.07, 6.45) is 0. The number of rotatable bonds is 4. The Hall–Kier alpha value is -1.74. The van der Waals surface area contributed by atoms with Crippen molar-refractivity contribution in [1.82, 2.24) is 15.3 Å². The van der Waals surface area contributed by atoms with Gasteiger partial charge in [0, 0.05) is 29.1 Å². The highest BCUT2D eigenvalue weighted by Gasteiger charge is 2.09. The number of nitrogens with zero attached hydrogens (tertiary/aromatic N) is 2.